The van der Waals surface area contributed by atoms with E-state index in [1.807, 2.05) is 17.4 Å². The zero-order valence-corrected chi connectivity index (χ0v) is 9.67. The molecular weight excluding hydrogens is 197 g/mol. The van der Waals surface area contributed by atoms with Gasteiger partial charge in [-0.05, 0) is 14.8 Å². The number of nitrogens with zero attached hydrogens (tertiary/aromatic N) is 2. The second-order valence-electron chi connectivity index (χ2n) is 2.09. The smallest absolute Gasteiger partial charge is 0.156 e. The number of hydrogen-bond donors (Lipinski definition) is 1. The third-order valence-corrected chi connectivity index (χ3v) is 4.67. The second-order valence-corrected chi connectivity index (χ2v) is 4.71. The van der Waals surface area contributed by atoms with Crippen LogP contribution >= 0.6 is 26.7 Å². The van der Waals surface area contributed by atoms with Crippen molar-refractivity contribution in [2.45, 2.75) is 25.5 Å². The van der Waals surface area contributed by atoms with Gasteiger partial charge in [0, 0.05) is 0 Å². The first-order chi connectivity index (χ1) is 5.17. The van der Waals surface area contributed by atoms with E-state index in [1.54, 1.807) is 0 Å². The molecule has 0 saturated carbocycles. The Kier molecular flexibility index (Phi) is 6.64. The standard InChI is InChI=1S/C5H13N2OP3/c1-2-4(5(8)3-6)7(9)11-10/h4-5,8,11H,2,9-10H2,1H3. The van der Waals surface area contributed by atoms with Crippen LogP contribution in [0, 0.1) is 11.3 Å². The molecule has 0 amide bonds. The summed E-state index contributed by atoms with van der Waals surface area (Å²) in [5.41, 5.74) is 0. The van der Waals surface area contributed by atoms with Crippen LogP contribution in [0.1, 0.15) is 13.3 Å². The Balaban J connectivity index is 4.06. The van der Waals surface area contributed by atoms with Gasteiger partial charge in [-0.25, -0.2) is 0 Å². The van der Waals surface area contributed by atoms with E-state index in [0.717, 1.165) is 6.42 Å². The van der Waals surface area contributed by atoms with E-state index in [-0.39, 0.29) is 6.04 Å². The van der Waals surface area contributed by atoms with Gasteiger partial charge in [0.05, 0.1) is 12.1 Å². The van der Waals surface area contributed by atoms with Gasteiger partial charge in [0.1, 0.15) is 0 Å². The van der Waals surface area contributed by atoms with E-state index >= 15 is 0 Å². The molecule has 0 saturated heterocycles. The summed E-state index contributed by atoms with van der Waals surface area (Å²) in [6.45, 7) is 1.95. The van der Waals surface area contributed by atoms with E-state index in [4.69, 9.17) is 5.26 Å². The van der Waals surface area contributed by atoms with Crippen LogP contribution in [-0.2, 0) is 0 Å². The molecular formula is C5H13N2OP3. The van der Waals surface area contributed by atoms with Crippen LogP contribution in [0.4, 0.5) is 0 Å². The first-order valence-electron chi connectivity index (χ1n) is 3.25. The van der Waals surface area contributed by atoms with Gasteiger partial charge in [-0.3, -0.25) is 4.44 Å². The SMILES string of the molecule is CCC(C(O)C#N)N(P)PP. The van der Waals surface area contributed by atoms with Crippen LogP contribution in [0.25, 0.3) is 0 Å². The fourth-order valence-electron chi connectivity index (χ4n) is 0.754. The summed E-state index contributed by atoms with van der Waals surface area (Å²) in [6.07, 6.45) is -0.106. The fourth-order valence-corrected chi connectivity index (χ4v) is 2.22. The lowest BCUT2D eigenvalue weighted by molar-refractivity contribution is 0.166. The molecule has 3 nitrogen and oxygen atoms in total. The largest absolute Gasteiger partial charge is 0.376 e. The van der Waals surface area contributed by atoms with Crippen molar-refractivity contribution < 1.29 is 5.11 Å². The normalized spacial score (nSPS) is 17.1. The Hall–Kier alpha value is 0.700. The Morgan fingerprint density at radius 3 is 2.64 bits per heavy atom. The lowest BCUT2D eigenvalue weighted by Crippen LogP contribution is -2.31. The highest BCUT2D eigenvalue weighted by Gasteiger charge is 2.20. The van der Waals surface area contributed by atoms with Crippen LogP contribution in [-0.4, -0.2) is 21.7 Å². The van der Waals surface area contributed by atoms with Gasteiger partial charge in [0.15, 0.2) is 6.10 Å². The molecule has 0 radical (unpaired) electrons. The molecule has 0 spiro atoms. The first-order valence-corrected chi connectivity index (χ1v) is 6.52. The summed E-state index contributed by atoms with van der Waals surface area (Å²) in [4.78, 5) is 0. The Labute approximate surface area is 73.7 Å². The van der Waals surface area contributed by atoms with Crippen molar-refractivity contribution in [1.82, 2.24) is 4.44 Å². The molecule has 6 heteroatoms. The molecule has 5 unspecified atom stereocenters. The van der Waals surface area contributed by atoms with Gasteiger partial charge in [0.2, 0.25) is 0 Å². The summed E-state index contributed by atoms with van der Waals surface area (Å²) in [7, 11) is 5.59. The van der Waals surface area contributed by atoms with Crippen molar-refractivity contribution in [2.75, 3.05) is 0 Å². The highest BCUT2D eigenvalue weighted by Crippen LogP contribution is 2.34. The molecule has 1 N–H and O–H groups in total. The minimum absolute atomic E-state index is 0.0687. The zero-order valence-electron chi connectivity index (χ0n) is 6.36. The van der Waals surface area contributed by atoms with Gasteiger partial charge in [-0.15, -0.1) is 0 Å². The summed E-state index contributed by atoms with van der Waals surface area (Å²) < 4.78 is 1.89. The van der Waals surface area contributed by atoms with Gasteiger partial charge >= 0.3 is 0 Å². The quantitative estimate of drug-likeness (QED) is 0.558. The molecule has 0 aromatic heterocycles. The molecule has 0 bridgehead atoms. The van der Waals surface area contributed by atoms with Crippen molar-refractivity contribution in [3.8, 4) is 6.07 Å². The van der Waals surface area contributed by atoms with E-state index in [2.05, 4.69) is 18.3 Å². The van der Waals surface area contributed by atoms with Crippen LogP contribution in [0.2, 0.25) is 0 Å². The predicted octanol–water partition coefficient (Wildman–Crippen LogP) is 1.13. The summed E-state index contributed by atoms with van der Waals surface area (Å²) in [5.74, 6) is 0. The molecule has 0 fully saturated rings. The molecule has 0 heterocycles. The topological polar surface area (TPSA) is 47.3 Å². The van der Waals surface area contributed by atoms with Gasteiger partial charge in [-0.2, -0.15) is 5.26 Å². The lowest BCUT2D eigenvalue weighted by Gasteiger charge is -2.25. The van der Waals surface area contributed by atoms with Gasteiger partial charge in [0.25, 0.3) is 0 Å². The minimum Gasteiger partial charge on any atom is -0.376 e. The monoisotopic (exact) mass is 210 g/mol. The summed E-state index contributed by atoms with van der Waals surface area (Å²) in [6, 6.07) is 1.76. The maximum absolute atomic E-state index is 9.20. The molecule has 0 aromatic rings. The third-order valence-electron chi connectivity index (χ3n) is 1.42. The highest BCUT2D eigenvalue weighted by molar-refractivity contribution is 8.02. The van der Waals surface area contributed by atoms with Crippen molar-refractivity contribution in [2.24, 2.45) is 0 Å². The average Bonchev–Trinajstić information content (AvgIpc) is 2.05. The number of aliphatic hydroxyl groups excluding tert-OH is 1. The maximum Gasteiger partial charge on any atom is 0.156 e. The van der Waals surface area contributed by atoms with Crippen molar-refractivity contribution >= 4 is 26.7 Å². The fraction of sp³-hybridized carbons (Fsp3) is 0.800. The Bertz CT molecular complexity index is 149. The molecule has 64 valence electrons. The van der Waals surface area contributed by atoms with Gasteiger partial charge in [-0.1, -0.05) is 25.2 Å². The Morgan fingerprint density at radius 1 is 1.82 bits per heavy atom. The van der Waals surface area contributed by atoms with Crippen LogP contribution < -0.4 is 0 Å². The van der Waals surface area contributed by atoms with E-state index in [1.165, 1.54) is 0 Å². The number of rotatable bonds is 4. The number of nitriles is 1. The van der Waals surface area contributed by atoms with Crippen LogP contribution in [0.5, 0.6) is 0 Å². The third kappa shape index (κ3) is 3.75. The molecule has 11 heavy (non-hydrogen) atoms. The van der Waals surface area contributed by atoms with Crippen LogP contribution in [0.3, 0.4) is 0 Å². The van der Waals surface area contributed by atoms with Crippen molar-refractivity contribution in [3.63, 3.8) is 0 Å². The van der Waals surface area contributed by atoms with Crippen molar-refractivity contribution in [3.05, 3.63) is 0 Å². The molecule has 0 aliphatic heterocycles. The summed E-state index contributed by atoms with van der Waals surface area (Å²) in [5, 5.41) is 17.6. The number of hydrogen-bond acceptors (Lipinski definition) is 3. The zero-order chi connectivity index (χ0) is 8.85. The predicted molar refractivity (Wildman–Crippen MR) is 55.3 cm³/mol. The first kappa shape index (κ1) is 11.7. The molecule has 0 aliphatic rings. The maximum atomic E-state index is 9.20. The molecule has 0 aromatic carbocycles. The van der Waals surface area contributed by atoms with Gasteiger partial charge < -0.3 is 5.11 Å². The molecule has 0 rings (SSSR count). The molecule has 5 atom stereocenters. The van der Waals surface area contributed by atoms with E-state index in [9.17, 15) is 5.11 Å². The average molecular weight is 210 g/mol. The highest BCUT2D eigenvalue weighted by atomic mass is 32.0. The number of aliphatic hydroxyl groups is 1. The van der Waals surface area contributed by atoms with E-state index in [0.29, 0.717) is 8.42 Å². The lowest BCUT2D eigenvalue weighted by atomic mass is 10.1. The molecule has 0 aliphatic carbocycles. The van der Waals surface area contributed by atoms with E-state index < -0.39 is 6.10 Å². The van der Waals surface area contributed by atoms with Crippen molar-refractivity contribution in [1.29, 1.82) is 5.26 Å². The minimum atomic E-state index is -0.884. The second kappa shape index (κ2) is 6.24. The van der Waals surface area contributed by atoms with Crippen LogP contribution in [0.15, 0.2) is 0 Å². The summed E-state index contributed by atoms with van der Waals surface area (Å²) >= 11 is 0. The Morgan fingerprint density at radius 2 is 2.36 bits per heavy atom.